The number of fused-ring (bicyclic) bond motifs is 1. The molecule has 0 saturated heterocycles. The Morgan fingerprint density at radius 2 is 1.83 bits per heavy atom. The fourth-order valence-corrected chi connectivity index (χ4v) is 4.05. The van der Waals surface area contributed by atoms with Crippen molar-refractivity contribution in [1.82, 2.24) is 25.1 Å². The first-order valence-electron chi connectivity index (χ1n) is 10.7. The van der Waals surface area contributed by atoms with Gasteiger partial charge < -0.3 is 10.6 Å². The summed E-state index contributed by atoms with van der Waals surface area (Å²) in [5, 5.41) is 9.96. The van der Waals surface area contributed by atoms with Gasteiger partial charge in [0.25, 0.3) is 11.8 Å². The number of rotatable bonds is 5. The average Bonchev–Trinajstić information content (AvgIpc) is 3.09. The molecule has 2 N–H and O–H groups in total. The summed E-state index contributed by atoms with van der Waals surface area (Å²) in [6.07, 6.45) is -3.26. The third-order valence-corrected chi connectivity index (χ3v) is 6.04. The molecule has 0 bridgehead atoms. The highest BCUT2D eigenvalue weighted by atomic mass is 79.9. The highest BCUT2D eigenvalue weighted by Crippen LogP contribution is 2.32. The molecule has 4 aromatic rings. The van der Waals surface area contributed by atoms with Crippen LogP contribution in [0, 0.1) is 13.8 Å². The van der Waals surface area contributed by atoms with E-state index in [0.29, 0.717) is 32.8 Å². The van der Waals surface area contributed by atoms with Crippen molar-refractivity contribution in [3.05, 3.63) is 81.0 Å². The SMILES string of the molecule is CNC(=O)c1ccc(Cn2nc(C)c(NC(=O)c3cc(C(F)(F)F)nc4ccc(Br)cc34)c2C)nc1. The van der Waals surface area contributed by atoms with Gasteiger partial charge in [-0.05, 0) is 50.2 Å². The summed E-state index contributed by atoms with van der Waals surface area (Å²) in [6.45, 7) is 3.68. The topological polar surface area (TPSA) is 102 Å². The van der Waals surface area contributed by atoms with Crippen molar-refractivity contribution < 1.29 is 22.8 Å². The van der Waals surface area contributed by atoms with Gasteiger partial charge in [0.2, 0.25) is 0 Å². The number of carbonyl (C=O) groups is 2. The minimum Gasteiger partial charge on any atom is -0.355 e. The van der Waals surface area contributed by atoms with Crippen molar-refractivity contribution in [3.8, 4) is 0 Å². The third-order valence-electron chi connectivity index (χ3n) is 5.55. The molecule has 186 valence electrons. The Hall–Kier alpha value is -3.80. The van der Waals surface area contributed by atoms with E-state index in [4.69, 9.17) is 0 Å². The maximum Gasteiger partial charge on any atom is 0.433 e. The van der Waals surface area contributed by atoms with E-state index in [9.17, 15) is 22.8 Å². The summed E-state index contributed by atoms with van der Waals surface area (Å²) in [4.78, 5) is 32.9. The smallest absolute Gasteiger partial charge is 0.355 e. The third kappa shape index (κ3) is 5.08. The van der Waals surface area contributed by atoms with E-state index < -0.39 is 17.8 Å². The van der Waals surface area contributed by atoms with E-state index in [-0.39, 0.29) is 28.9 Å². The standard InChI is InChI=1S/C24H20BrF3N6O2/c1-12-21(13(2)34(33-12)11-16-6-4-14(10-30-16)22(35)29-3)32-23(36)18-9-20(24(26,27)28)31-19-7-5-15(25)8-17(18)19/h4-10H,11H2,1-3H3,(H,29,35)(H,32,36). The summed E-state index contributed by atoms with van der Waals surface area (Å²) in [5.41, 5.74) is 1.24. The van der Waals surface area contributed by atoms with Gasteiger partial charge in [0.15, 0.2) is 0 Å². The van der Waals surface area contributed by atoms with Gasteiger partial charge in [0.1, 0.15) is 5.69 Å². The molecular formula is C24H20BrF3N6O2. The highest BCUT2D eigenvalue weighted by Gasteiger charge is 2.34. The van der Waals surface area contributed by atoms with Crippen LogP contribution in [0.3, 0.4) is 0 Å². The number of aryl methyl sites for hydroxylation is 1. The maximum atomic E-state index is 13.4. The minimum atomic E-state index is -4.71. The molecule has 0 unspecified atom stereocenters. The second-order valence-electron chi connectivity index (χ2n) is 7.99. The monoisotopic (exact) mass is 560 g/mol. The van der Waals surface area contributed by atoms with Crippen LogP contribution in [0.2, 0.25) is 0 Å². The molecule has 0 atom stereocenters. The van der Waals surface area contributed by atoms with E-state index in [1.54, 1.807) is 42.8 Å². The molecule has 4 rings (SSSR count). The molecule has 0 saturated carbocycles. The Balaban J connectivity index is 1.65. The number of carbonyl (C=O) groups excluding carboxylic acids is 2. The van der Waals surface area contributed by atoms with Crippen LogP contribution in [-0.4, -0.2) is 38.6 Å². The zero-order valence-electron chi connectivity index (χ0n) is 19.4. The number of halogens is 4. The lowest BCUT2D eigenvalue weighted by atomic mass is 10.1. The van der Waals surface area contributed by atoms with Crippen LogP contribution in [0.1, 0.15) is 43.5 Å². The molecule has 0 spiro atoms. The van der Waals surface area contributed by atoms with Crippen LogP contribution in [0.15, 0.2) is 47.1 Å². The molecule has 0 aliphatic heterocycles. The molecule has 36 heavy (non-hydrogen) atoms. The van der Waals surface area contributed by atoms with E-state index >= 15 is 0 Å². The molecule has 12 heteroatoms. The zero-order chi connectivity index (χ0) is 26.2. The van der Waals surface area contributed by atoms with Gasteiger partial charge in [-0.1, -0.05) is 15.9 Å². The molecule has 0 aliphatic carbocycles. The van der Waals surface area contributed by atoms with Crippen molar-refractivity contribution in [2.45, 2.75) is 26.6 Å². The Labute approximate surface area is 212 Å². The Kier molecular flexibility index (Phi) is 6.81. The lowest BCUT2D eigenvalue weighted by molar-refractivity contribution is -0.140. The van der Waals surface area contributed by atoms with E-state index in [1.165, 1.54) is 19.3 Å². The van der Waals surface area contributed by atoms with Crippen LogP contribution in [0.5, 0.6) is 0 Å². The fraction of sp³-hybridized carbons (Fsp3) is 0.208. The summed E-state index contributed by atoms with van der Waals surface area (Å²) >= 11 is 3.29. The molecule has 1 aromatic carbocycles. The number of hydrogen-bond acceptors (Lipinski definition) is 5. The van der Waals surface area contributed by atoms with Gasteiger partial charge in [0, 0.05) is 23.1 Å². The first-order chi connectivity index (χ1) is 17.0. The van der Waals surface area contributed by atoms with Crippen molar-refractivity contribution in [3.63, 3.8) is 0 Å². The van der Waals surface area contributed by atoms with Gasteiger partial charge >= 0.3 is 6.18 Å². The predicted octanol–water partition coefficient (Wildman–Crippen LogP) is 4.88. The molecule has 0 radical (unpaired) electrons. The Morgan fingerprint density at radius 3 is 2.47 bits per heavy atom. The number of anilines is 1. The Morgan fingerprint density at radius 1 is 1.08 bits per heavy atom. The molecular weight excluding hydrogens is 541 g/mol. The van der Waals surface area contributed by atoms with Crippen LogP contribution < -0.4 is 10.6 Å². The molecule has 3 heterocycles. The van der Waals surface area contributed by atoms with E-state index in [1.807, 2.05) is 0 Å². The predicted molar refractivity (Wildman–Crippen MR) is 131 cm³/mol. The number of pyridine rings is 2. The van der Waals surface area contributed by atoms with Crippen molar-refractivity contribution in [2.75, 3.05) is 12.4 Å². The molecule has 8 nitrogen and oxygen atoms in total. The first-order valence-corrected chi connectivity index (χ1v) is 11.5. The summed E-state index contributed by atoms with van der Waals surface area (Å²) in [7, 11) is 1.53. The number of benzene rings is 1. The number of amides is 2. The van der Waals surface area contributed by atoms with Gasteiger partial charge in [-0.25, -0.2) is 4.98 Å². The van der Waals surface area contributed by atoms with Gasteiger partial charge in [-0.2, -0.15) is 18.3 Å². The summed E-state index contributed by atoms with van der Waals surface area (Å²) < 4.78 is 42.6. The average molecular weight is 561 g/mol. The van der Waals surface area contributed by atoms with E-state index in [0.717, 1.165) is 6.07 Å². The largest absolute Gasteiger partial charge is 0.433 e. The number of nitrogens with zero attached hydrogens (tertiary/aromatic N) is 4. The number of nitrogens with one attached hydrogen (secondary N) is 2. The zero-order valence-corrected chi connectivity index (χ0v) is 21.0. The van der Waals surface area contributed by atoms with Gasteiger partial charge in [-0.15, -0.1) is 0 Å². The number of hydrogen-bond donors (Lipinski definition) is 2. The number of aromatic nitrogens is 4. The molecule has 3 aromatic heterocycles. The fourth-order valence-electron chi connectivity index (χ4n) is 3.69. The van der Waals surface area contributed by atoms with Crippen molar-refractivity contribution in [2.24, 2.45) is 0 Å². The lowest BCUT2D eigenvalue weighted by Gasteiger charge is -2.13. The second-order valence-corrected chi connectivity index (χ2v) is 8.90. The first kappa shape index (κ1) is 25.3. The second kappa shape index (κ2) is 9.69. The van der Waals surface area contributed by atoms with Crippen molar-refractivity contribution >= 4 is 44.3 Å². The quantitative estimate of drug-likeness (QED) is 0.362. The Bertz CT molecular complexity index is 1480. The van der Waals surface area contributed by atoms with Gasteiger partial charge in [0.05, 0.1) is 46.0 Å². The molecule has 2 amide bonds. The maximum absolute atomic E-state index is 13.4. The molecule has 0 aliphatic rings. The minimum absolute atomic E-state index is 0.0496. The van der Waals surface area contributed by atoms with Crippen LogP contribution in [0.4, 0.5) is 18.9 Å². The number of alkyl halides is 3. The van der Waals surface area contributed by atoms with Crippen LogP contribution >= 0.6 is 15.9 Å². The van der Waals surface area contributed by atoms with Crippen LogP contribution in [0.25, 0.3) is 10.9 Å². The van der Waals surface area contributed by atoms with Gasteiger partial charge in [-0.3, -0.25) is 19.3 Å². The highest BCUT2D eigenvalue weighted by molar-refractivity contribution is 9.10. The van der Waals surface area contributed by atoms with Crippen molar-refractivity contribution in [1.29, 1.82) is 0 Å². The van der Waals surface area contributed by atoms with E-state index in [2.05, 4.69) is 41.6 Å². The summed E-state index contributed by atoms with van der Waals surface area (Å²) in [5.74, 6) is -0.973. The molecule has 0 fully saturated rings. The summed E-state index contributed by atoms with van der Waals surface area (Å²) in [6, 6.07) is 8.61. The lowest BCUT2D eigenvalue weighted by Crippen LogP contribution is -2.18. The van der Waals surface area contributed by atoms with Crippen LogP contribution in [-0.2, 0) is 12.7 Å². The normalized spacial score (nSPS) is 11.5.